The molecule has 0 fully saturated rings. The number of aryl methyl sites for hydroxylation is 1. The van der Waals surface area contributed by atoms with E-state index in [9.17, 15) is 31.4 Å². The molecular weight excluding hydrogens is 254 g/mol. The lowest BCUT2D eigenvalue weighted by Gasteiger charge is -2.27. The van der Waals surface area contributed by atoms with Crippen LogP contribution in [0.15, 0.2) is 12.3 Å². The van der Waals surface area contributed by atoms with Crippen LogP contribution < -0.4 is 0 Å². The minimum Gasteiger partial charge on any atom is -0.386 e. The van der Waals surface area contributed by atoms with Gasteiger partial charge in [0.25, 0.3) is 0 Å². The van der Waals surface area contributed by atoms with E-state index in [1.54, 1.807) is 0 Å². The second-order valence-corrected chi connectivity index (χ2v) is 3.39. The Morgan fingerprint density at radius 3 is 1.94 bits per heavy atom. The number of aliphatic hydroxyl groups is 1. The van der Waals surface area contributed by atoms with Gasteiger partial charge >= 0.3 is 12.4 Å². The maximum absolute atomic E-state index is 12.3. The van der Waals surface area contributed by atoms with Gasteiger partial charge in [0.15, 0.2) is 5.92 Å². The molecule has 0 saturated heterocycles. The van der Waals surface area contributed by atoms with Gasteiger partial charge in [0.05, 0.1) is 5.69 Å². The summed E-state index contributed by atoms with van der Waals surface area (Å²) in [6, 6.07) is 0.898. The number of nitrogens with zero attached hydrogens (tertiary/aromatic N) is 2. The fourth-order valence-corrected chi connectivity index (χ4v) is 1.39. The van der Waals surface area contributed by atoms with E-state index in [4.69, 9.17) is 0 Å². The topological polar surface area (TPSA) is 38.0 Å². The highest BCUT2D eigenvalue weighted by Crippen LogP contribution is 2.46. The van der Waals surface area contributed by atoms with Crippen molar-refractivity contribution in [1.82, 2.24) is 9.78 Å². The first kappa shape index (κ1) is 13.8. The molecule has 0 aliphatic carbocycles. The van der Waals surface area contributed by atoms with Gasteiger partial charge < -0.3 is 5.11 Å². The van der Waals surface area contributed by atoms with Crippen molar-refractivity contribution in [3.8, 4) is 0 Å². The first-order valence-corrected chi connectivity index (χ1v) is 4.34. The standard InChI is InChI=1S/C8H8F6N2O/c1-16-4(2-3-15-16)5(17)6(7(9,10)11)8(12,13)14/h2-3,5-6,17H,1H3. The zero-order chi connectivity index (χ0) is 13.4. The highest BCUT2D eigenvalue weighted by Gasteiger charge is 2.60. The van der Waals surface area contributed by atoms with Gasteiger partial charge in [-0.25, -0.2) is 0 Å². The fraction of sp³-hybridized carbons (Fsp3) is 0.625. The minimum absolute atomic E-state index is 0.551. The SMILES string of the molecule is Cn1nccc1C(O)C(C(F)(F)F)C(F)(F)F. The molecule has 0 aromatic carbocycles. The van der Waals surface area contributed by atoms with Crippen LogP contribution in [0.3, 0.4) is 0 Å². The van der Waals surface area contributed by atoms with Crippen LogP contribution in [0.5, 0.6) is 0 Å². The lowest BCUT2D eigenvalue weighted by atomic mass is 9.98. The highest BCUT2D eigenvalue weighted by atomic mass is 19.4. The minimum atomic E-state index is -5.58. The molecule has 1 rings (SSSR count). The maximum Gasteiger partial charge on any atom is 0.403 e. The van der Waals surface area contributed by atoms with E-state index in [1.807, 2.05) is 0 Å². The van der Waals surface area contributed by atoms with Crippen molar-refractivity contribution in [1.29, 1.82) is 0 Å². The molecule has 1 atom stereocenters. The van der Waals surface area contributed by atoms with E-state index >= 15 is 0 Å². The normalized spacial score (nSPS) is 15.4. The molecule has 0 spiro atoms. The quantitative estimate of drug-likeness (QED) is 0.830. The van der Waals surface area contributed by atoms with Gasteiger partial charge in [-0.2, -0.15) is 31.4 Å². The van der Waals surface area contributed by atoms with E-state index in [2.05, 4.69) is 5.10 Å². The van der Waals surface area contributed by atoms with Crippen molar-refractivity contribution in [2.24, 2.45) is 13.0 Å². The summed E-state index contributed by atoms with van der Waals surface area (Å²) in [6.07, 6.45) is -12.9. The Morgan fingerprint density at radius 2 is 1.65 bits per heavy atom. The molecule has 0 aliphatic rings. The van der Waals surface area contributed by atoms with Crippen molar-refractivity contribution >= 4 is 0 Å². The molecule has 0 aliphatic heterocycles. The number of aromatic nitrogens is 2. The van der Waals surface area contributed by atoms with Crippen LogP contribution >= 0.6 is 0 Å². The Hall–Kier alpha value is -1.25. The molecule has 0 radical (unpaired) electrons. The summed E-state index contributed by atoms with van der Waals surface area (Å²) in [5, 5.41) is 12.6. The third kappa shape index (κ3) is 2.90. The molecule has 0 saturated carbocycles. The van der Waals surface area contributed by atoms with Gasteiger partial charge in [-0.05, 0) is 6.07 Å². The first-order valence-electron chi connectivity index (χ1n) is 4.34. The van der Waals surface area contributed by atoms with Gasteiger partial charge in [0.2, 0.25) is 0 Å². The van der Waals surface area contributed by atoms with Gasteiger partial charge in [0, 0.05) is 13.2 Å². The van der Waals surface area contributed by atoms with Crippen LogP contribution in [0.1, 0.15) is 11.8 Å². The largest absolute Gasteiger partial charge is 0.403 e. The zero-order valence-corrected chi connectivity index (χ0v) is 8.42. The molecule has 1 aromatic rings. The second-order valence-electron chi connectivity index (χ2n) is 3.39. The molecular formula is C8H8F6N2O. The van der Waals surface area contributed by atoms with Crippen molar-refractivity contribution in [2.75, 3.05) is 0 Å². The third-order valence-electron chi connectivity index (χ3n) is 2.18. The van der Waals surface area contributed by atoms with Crippen molar-refractivity contribution in [2.45, 2.75) is 18.5 Å². The average Bonchev–Trinajstić information content (AvgIpc) is 2.45. The Balaban J connectivity index is 3.13. The van der Waals surface area contributed by atoms with Gasteiger partial charge in [0.1, 0.15) is 6.10 Å². The zero-order valence-electron chi connectivity index (χ0n) is 8.42. The second kappa shape index (κ2) is 4.21. The molecule has 1 unspecified atom stereocenters. The molecule has 9 heteroatoms. The lowest BCUT2D eigenvalue weighted by Crippen LogP contribution is -2.41. The number of hydrogen-bond donors (Lipinski definition) is 1. The van der Waals surface area contributed by atoms with Crippen molar-refractivity contribution < 1.29 is 31.4 Å². The van der Waals surface area contributed by atoms with Gasteiger partial charge in [-0.1, -0.05) is 0 Å². The molecule has 0 amide bonds. The predicted octanol–water partition coefficient (Wildman–Crippen LogP) is 2.19. The predicted molar refractivity (Wildman–Crippen MR) is 43.8 cm³/mol. The summed E-state index contributed by atoms with van der Waals surface area (Å²) in [5.74, 6) is -3.83. The number of aliphatic hydroxyl groups excluding tert-OH is 1. The van der Waals surface area contributed by atoms with Crippen LogP contribution in [-0.4, -0.2) is 27.2 Å². The smallest absolute Gasteiger partial charge is 0.386 e. The molecule has 98 valence electrons. The van der Waals surface area contributed by atoms with Gasteiger partial charge in [-0.3, -0.25) is 4.68 Å². The summed E-state index contributed by atoms with van der Waals surface area (Å²) in [7, 11) is 1.14. The van der Waals surface area contributed by atoms with Crippen molar-refractivity contribution in [3.63, 3.8) is 0 Å². The number of hydrogen-bond acceptors (Lipinski definition) is 2. The van der Waals surface area contributed by atoms with Gasteiger partial charge in [-0.15, -0.1) is 0 Å². The Labute approximate surface area is 91.7 Å². The molecule has 1 aromatic heterocycles. The number of alkyl halides is 6. The number of rotatable bonds is 2. The molecule has 3 nitrogen and oxygen atoms in total. The van der Waals surface area contributed by atoms with Crippen LogP contribution in [0, 0.1) is 5.92 Å². The van der Waals surface area contributed by atoms with E-state index in [1.165, 1.54) is 0 Å². The number of halogens is 6. The summed E-state index contributed by atoms with van der Waals surface area (Å²) in [4.78, 5) is 0. The van der Waals surface area contributed by atoms with Crippen LogP contribution in [0.25, 0.3) is 0 Å². The highest BCUT2D eigenvalue weighted by molar-refractivity contribution is 5.07. The van der Waals surface area contributed by atoms with E-state index < -0.39 is 30.1 Å². The average molecular weight is 262 g/mol. The monoisotopic (exact) mass is 262 g/mol. The van der Waals surface area contributed by atoms with Crippen LogP contribution in [0.2, 0.25) is 0 Å². The molecule has 1 heterocycles. The Bertz CT molecular complexity index is 368. The third-order valence-corrected chi connectivity index (χ3v) is 2.18. The Morgan fingerprint density at radius 1 is 1.18 bits per heavy atom. The molecule has 17 heavy (non-hydrogen) atoms. The van der Waals surface area contributed by atoms with E-state index in [0.717, 1.165) is 24.0 Å². The summed E-state index contributed by atoms with van der Waals surface area (Å²) in [5.41, 5.74) is -0.551. The fourth-order valence-electron chi connectivity index (χ4n) is 1.39. The van der Waals surface area contributed by atoms with E-state index in [-0.39, 0.29) is 0 Å². The molecule has 0 bridgehead atoms. The summed E-state index contributed by atoms with van der Waals surface area (Å²) >= 11 is 0. The lowest BCUT2D eigenvalue weighted by molar-refractivity contribution is -0.308. The Kier molecular flexibility index (Phi) is 3.42. The van der Waals surface area contributed by atoms with Crippen LogP contribution in [-0.2, 0) is 7.05 Å². The van der Waals surface area contributed by atoms with E-state index in [0.29, 0.717) is 0 Å². The first-order chi connectivity index (χ1) is 7.55. The van der Waals surface area contributed by atoms with Crippen LogP contribution in [0.4, 0.5) is 26.3 Å². The molecule has 1 N–H and O–H groups in total. The summed E-state index contributed by atoms with van der Waals surface area (Å²) in [6.45, 7) is 0. The van der Waals surface area contributed by atoms with Crippen molar-refractivity contribution in [3.05, 3.63) is 18.0 Å². The maximum atomic E-state index is 12.3. The summed E-state index contributed by atoms with van der Waals surface area (Å²) < 4.78 is 74.4.